The maximum atomic E-state index is 10.7. The molecule has 13 heavy (non-hydrogen) atoms. The SMILES string of the molecule is O=C(O)c1cccc2c1OC(Cl)O2. The van der Waals surface area contributed by atoms with Gasteiger partial charge in [-0.1, -0.05) is 6.07 Å². The number of hydrogen-bond acceptors (Lipinski definition) is 3. The van der Waals surface area contributed by atoms with Gasteiger partial charge in [0.15, 0.2) is 11.5 Å². The lowest BCUT2D eigenvalue weighted by Gasteiger charge is -1.99. The van der Waals surface area contributed by atoms with Crippen molar-refractivity contribution in [2.24, 2.45) is 0 Å². The molecule has 1 unspecified atom stereocenters. The molecule has 0 aliphatic carbocycles. The van der Waals surface area contributed by atoms with Crippen molar-refractivity contribution in [3.05, 3.63) is 23.8 Å². The van der Waals surface area contributed by atoms with Crippen molar-refractivity contribution in [1.29, 1.82) is 0 Å². The van der Waals surface area contributed by atoms with E-state index < -0.39 is 11.7 Å². The summed E-state index contributed by atoms with van der Waals surface area (Å²) in [6, 6.07) is 4.60. The summed E-state index contributed by atoms with van der Waals surface area (Å²) in [5.74, 6) is -1.45. The molecule has 0 bridgehead atoms. The molecule has 0 aromatic heterocycles. The first-order chi connectivity index (χ1) is 6.18. The highest BCUT2D eigenvalue weighted by molar-refractivity contribution is 6.19. The highest BCUT2D eigenvalue weighted by Crippen LogP contribution is 2.38. The summed E-state index contributed by atoms with van der Waals surface area (Å²) in [5.41, 5.74) is 0.0562. The van der Waals surface area contributed by atoms with Crippen LogP contribution in [0.2, 0.25) is 0 Å². The van der Waals surface area contributed by atoms with Gasteiger partial charge >= 0.3 is 11.7 Å². The Hall–Kier alpha value is -1.42. The Kier molecular flexibility index (Phi) is 1.77. The maximum Gasteiger partial charge on any atom is 0.339 e. The van der Waals surface area contributed by atoms with E-state index in [-0.39, 0.29) is 11.3 Å². The zero-order valence-electron chi connectivity index (χ0n) is 6.36. The van der Waals surface area contributed by atoms with Gasteiger partial charge in [0.05, 0.1) is 0 Å². The van der Waals surface area contributed by atoms with Gasteiger partial charge in [0.25, 0.3) is 0 Å². The van der Waals surface area contributed by atoms with E-state index in [4.69, 9.17) is 26.2 Å². The number of halogens is 1. The number of carboxylic acid groups (broad SMARTS) is 1. The fourth-order valence-corrected chi connectivity index (χ4v) is 1.30. The highest BCUT2D eigenvalue weighted by atomic mass is 35.5. The lowest BCUT2D eigenvalue weighted by Crippen LogP contribution is -2.08. The number of benzene rings is 1. The lowest BCUT2D eigenvalue weighted by atomic mass is 10.2. The molecule has 1 aromatic rings. The van der Waals surface area contributed by atoms with Gasteiger partial charge in [-0.25, -0.2) is 4.79 Å². The van der Waals surface area contributed by atoms with Gasteiger partial charge in [-0.3, -0.25) is 0 Å². The Morgan fingerprint density at radius 3 is 2.92 bits per heavy atom. The molecular formula is C8H5ClO4. The largest absolute Gasteiger partial charge is 0.478 e. The number of hydrogen-bond donors (Lipinski definition) is 1. The minimum atomic E-state index is -1.06. The number of ether oxygens (including phenoxy) is 2. The topological polar surface area (TPSA) is 55.8 Å². The molecule has 1 N–H and O–H groups in total. The predicted octanol–water partition coefficient (Wildman–Crippen LogP) is 1.68. The summed E-state index contributed by atoms with van der Waals surface area (Å²) in [6.45, 7) is 0. The van der Waals surface area contributed by atoms with Gasteiger partial charge in [-0.2, -0.15) is 0 Å². The standard InChI is InChI=1S/C8H5ClO4/c9-8-12-5-3-1-2-4(7(10)11)6(5)13-8/h1-3,8H,(H,10,11). The van der Waals surface area contributed by atoms with Crippen LogP contribution in [-0.4, -0.2) is 16.8 Å². The van der Waals surface area contributed by atoms with Crippen molar-refractivity contribution < 1.29 is 19.4 Å². The third-order valence-electron chi connectivity index (χ3n) is 1.64. The molecule has 1 atom stereocenters. The average Bonchev–Trinajstić information content (AvgIpc) is 2.43. The minimum absolute atomic E-state index is 0.0562. The summed E-state index contributed by atoms with van der Waals surface area (Å²) < 4.78 is 9.94. The molecule has 0 saturated carbocycles. The van der Waals surface area contributed by atoms with Crippen molar-refractivity contribution in [3.63, 3.8) is 0 Å². The van der Waals surface area contributed by atoms with Gasteiger partial charge in [-0.15, -0.1) is 0 Å². The van der Waals surface area contributed by atoms with Crippen molar-refractivity contribution >= 4 is 17.6 Å². The Morgan fingerprint density at radius 1 is 1.46 bits per heavy atom. The van der Waals surface area contributed by atoms with Crippen LogP contribution in [0, 0.1) is 0 Å². The molecule has 0 saturated heterocycles. The summed E-state index contributed by atoms with van der Waals surface area (Å²) >= 11 is 5.52. The van der Waals surface area contributed by atoms with Crippen molar-refractivity contribution in [2.75, 3.05) is 0 Å². The van der Waals surface area contributed by atoms with Crippen LogP contribution in [-0.2, 0) is 0 Å². The average molecular weight is 201 g/mol. The van der Waals surface area contributed by atoms with Gasteiger partial charge in [-0.05, 0) is 23.7 Å². The van der Waals surface area contributed by atoms with Gasteiger partial charge < -0.3 is 14.6 Å². The highest BCUT2D eigenvalue weighted by Gasteiger charge is 2.26. The molecular weight excluding hydrogens is 196 g/mol. The minimum Gasteiger partial charge on any atom is -0.478 e. The summed E-state index contributed by atoms with van der Waals surface area (Å²) in [7, 11) is 0. The van der Waals surface area contributed by atoms with E-state index in [1.54, 1.807) is 12.1 Å². The molecule has 1 aromatic carbocycles. The Bertz CT molecular complexity index is 363. The van der Waals surface area contributed by atoms with Crippen molar-refractivity contribution in [2.45, 2.75) is 5.75 Å². The Morgan fingerprint density at radius 2 is 2.23 bits per heavy atom. The molecule has 0 spiro atoms. The molecule has 1 aliphatic rings. The first-order valence-corrected chi connectivity index (χ1v) is 3.96. The van der Waals surface area contributed by atoms with Crippen LogP contribution in [0.5, 0.6) is 11.5 Å². The number of carbonyl (C=O) groups is 1. The maximum absolute atomic E-state index is 10.7. The van der Waals surface area contributed by atoms with Crippen molar-refractivity contribution in [3.8, 4) is 11.5 Å². The molecule has 0 radical (unpaired) electrons. The van der Waals surface area contributed by atoms with E-state index in [0.29, 0.717) is 5.75 Å². The molecule has 0 fully saturated rings. The number of alkyl halides is 1. The van der Waals surface area contributed by atoms with Crippen LogP contribution in [0.15, 0.2) is 18.2 Å². The van der Waals surface area contributed by atoms with Gasteiger partial charge in [0.2, 0.25) is 0 Å². The zero-order valence-corrected chi connectivity index (χ0v) is 7.12. The second-order valence-corrected chi connectivity index (χ2v) is 2.80. The van der Waals surface area contributed by atoms with Crippen molar-refractivity contribution in [1.82, 2.24) is 0 Å². The third-order valence-corrected chi connectivity index (χ3v) is 1.82. The van der Waals surface area contributed by atoms with Gasteiger partial charge in [0.1, 0.15) is 5.56 Å². The zero-order chi connectivity index (χ0) is 9.42. The number of carboxylic acids is 1. The Balaban J connectivity index is 2.51. The van der Waals surface area contributed by atoms with Crippen LogP contribution in [0.3, 0.4) is 0 Å². The molecule has 0 amide bonds. The van der Waals surface area contributed by atoms with E-state index in [0.717, 1.165) is 0 Å². The van der Waals surface area contributed by atoms with E-state index in [1.165, 1.54) is 6.07 Å². The number of fused-ring (bicyclic) bond motifs is 1. The molecule has 2 rings (SSSR count). The monoisotopic (exact) mass is 200 g/mol. The Labute approximate surface area is 78.6 Å². The first kappa shape index (κ1) is 8.19. The lowest BCUT2D eigenvalue weighted by molar-refractivity contribution is 0.0689. The molecule has 1 heterocycles. The van der Waals surface area contributed by atoms with E-state index in [2.05, 4.69) is 0 Å². The quantitative estimate of drug-likeness (QED) is 0.701. The predicted molar refractivity (Wildman–Crippen MR) is 44.3 cm³/mol. The molecule has 4 nitrogen and oxygen atoms in total. The number of para-hydroxylation sites is 1. The summed E-state index contributed by atoms with van der Waals surface area (Å²) in [6.07, 6.45) is 0. The fraction of sp³-hybridized carbons (Fsp3) is 0.125. The summed E-state index contributed by atoms with van der Waals surface area (Å²) in [5, 5.41) is 8.76. The second-order valence-electron chi connectivity index (χ2n) is 2.45. The van der Waals surface area contributed by atoms with E-state index in [1.807, 2.05) is 0 Å². The van der Waals surface area contributed by atoms with Crippen LogP contribution in [0.4, 0.5) is 0 Å². The number of rotatable bonds is 1. The second kappa shape index (κ2) is 2.81. The number of aromatic carboxylic acids is 1. The molecule has 1 aliphatic heterocycles. The van der Waals surface area contributed by atoms with Crippen LogP contribution < -0.4 is 9.47 Å². The first-order valence-electron chi connectivity index (χ1n) is 3.52. The fourth-order valence-electron chi connectivity index (χ4n) is 1.12. The van der Waals surface area contributed by atoms with E-state index >= 15 is 0 Å². The third kappa shape index (κ3) is 1.29. The smallest absolute Gasteiger partial charge is 0.339 e. The van der Waals surface area contributed by atoms with Crippen LogP contribution in [0.25, 0.3) is 0 Å². The van der Waals surface area contributed by atoms with E-state index in [9.17, 15) is 4.79 Å². The molecule has 5 heteroatoms. The normalized spacial score (nSPS) is 18.7. The van der Waals surface area contributed by atoms with Crippen LogP contribution >= 0.6 is 11.6 Å². The van der Waals surface area contributed by atoms with Crippen LogP contribution in [0.1, 0.15) is 10.4 Å². The van der Waals surface area contributed by atoms with Gasteiger partial charge in [0, 0.05) is 0 Å². The summed E-state index contributed by atoms with van der Waals surface area (Å²) in [4.78, 5) is 10.7. The molecule has 68 valence electrons.